The van der Waals surface area contributed by atoms with Gasteiger partial charge in [-0.2, -0.15) is 0 Å². The second-order valence-electron chi connectivity index (χ2n) is 6.28. The Bertz CT molecular complexity index is 725. The summed E-state index contributed by atoms with van der Waals surface area (Å²) in [7, 11) is 2.82. The molecule has 0 saturated carbocycles. The van der Waals surface area contributed by atoms with Crippen molar-refractivity contribution >= 4 is 35.1 Å². The highest BCUT2D eigenvalue weighted by Gasteiger charge is 2.41. The van der Waals surface area contributed by atoms with Crippen LogP contribution in [0.3, 0.4) is 0 Å². The maximum absolute atomic E-state index is 12.5. The van der Waals surface area contributed by atoms with Gasteiger partial charge < -0.3 is 24.8 Å². The van der Waals surface area contributed by atoms with E-state index in [9.17, 15) is 19.5 Å². The number of carboxylic acid groups (broad SMARTS) is 1. The predicted molar refractivity (Wildman–Crippen MR) is 94.5 cm³/mol. The van der Waals surface area contributed by atoms with Gasteiger partial charge in [0.2, 0.25) is 11.8 Å². The molecule has 0 spiro atoms. The minimum atomic E-state index is -1.57. The van der Waals surface area contributed by atoms with Crippen LogP contribution in [0.2, 0.25) is 5.02 Å². The summed E-state index contributed by atoms with van der Waals surface area (Å²) in [5.74, 6) is -2.25. The zero-order valence-corrected chi connectivity index (χ0v) is 15.5. The van der Waals surface area contributed by atoms with E-state index >= 15 is 0 Å². The van der Waals surface area contributed by atoms with E-state index in [4.69, 9.17) is 21.1 Å². The lowest BCUT2D eigenvalue weighted by Crippen LogP contribution is -2.56. The molecule has 2 unspecified atom stereocenters. The first-order valence-corrected chi connectivity index (χ1v) is 8.28. The van der Waals surface area contributed by atoms with Crippen molar-refractivity contribution < 1.29 is 29.0 Å². The number of hydrogen-bond donors (Lipinski definition) is 2. The standard InChI is InChI=1S/C17H21ClN2O6/c1-17(9-25-2,16(23)24)19-15(22)10-6-14(21)20(8-10)12-7-11(18)4-5-13(12)26-3/h4-5,7,10H,6,8-9H2,1-3H3,(H,19,22)(H,23,24). The summed E-state index contributed by atoms with van der Waals surface area (Å²) in [6.07, 6.45) is -0.0375. The summed E-state index contributed by atoms with van der Waals surface area (Å²) >= 11 is 6.00. The normalized spacial score (nSPS) is 19.2. The van der Waals surface area contributed by atoms with Gasteiger partial charge in [0, 0.05) is 25.1 Å². The Labute approximate surface area is 156 Å². The second-order valence-corrected chi connectivity index (χ2v) is 6.72. The number of anilines is 1. The molecule has 0 bridgehead atoms. The fourth-order valence-electron chi connectivity index (χ4n) is 2.80. The van der Waals surface area contributed by atoms with E-state index in [1.54, 1.807) is 18.2 Å². The quantitative estimate of drug-likeness (QED) is 0.734. The maximum Gasteiger partial charge on any atom is 0.331 e. The van der Waals surface area contributed by atoms with Gasteiger partial charge in [0.1, 0.15) is 5.75 Å². The number of nitrogens with zero attached hydrogens (tertiary/aromatic N) is 1. The van der Waals surface area contributed by atoms with E-state index in [0.717, 1.165) is 0 Å². The number of carbonyl (C=O) groups is 3. The van der Waals surface area contributed by atoms with Gasteiger partial charge in [-0.1, -0.05) is 11.6 Å². The fourth-order valence-corrected chi connectivity index (χ4v) is 2.97. The first kappa shape index (κ1) is 20.0. The molecule has 8 nitrogen and oxygen atoms in total. The molecule has 142 valence electrons. The van der Waals surface area contributed by atoms with Gasteiger partial charge in [-0.15, -0.1) is 0 Å². The molecule has 1 aromatic carbocycles. The van der Waals surface area contributed by atoms with E-state index in [1.165, 1.54) is 26.0 Å². The average molecular weight is 385 g/mol. The van der Waals surface area contributed by atoms with Crippen molar-refractivity contribution in [2.45, 2.75) is 18.9 Å². The van der Waals surface area contributed by atoms with Gasteiger partial charge >= 0.3 is 5.97 Å². The van der Waals surface area contributed by atoms with Gasteiger partial charge in [-0.25, -0.2) is 4.79 Å². The lowest BCUT2D eigenvalue weighted by molar-refractivity contribution is -0.149. The molecule has 9 heteroatoms. The Kier molecular flexibility index (Phi) is 6.09. The van der Waals surface area contributed by atoms with Crippen LogP contribution in [-0.2, 0) is 19.1 Å². The van der Waals surface area contributed by atoms with Crippen LogP contribution in [0.15, 0.2) is 18.2 Å². The molecule has 1 fully saturated rings. The predicted octanol–water partition coefficient (Wildman–Crippen LogP) is 1.31. The SMILES string of the molecule is COCC(C)(NC(=O)C1CC(=O)N(c2cc(Cl)ccc2OC)C1)C(=O)O. The molecule has 0 aliphatic carbocycles. The number of carbonyl (C=O) groups excluding carboxylic acids is 2. The van der Waals surface area contributed by atoms with E-state index in [0.29, 0.717) is 16.5 Å². The van der Waals surface area contributed by atoms with Crippen molar-refractivity contribution in [3.8, 4) is 5.75 Å². The van der Waals surface area contributed by atoms with Gasteiger partial charge in [-0.3, -0.25) is 9.59 Å². The lowest BCUT2D eigenvalue weighted by atomic mass is 10.0. The Hall–Kier alpha value is -2.32. The number of ether oxygens (including phenoxy) is 2. The van der Waals surface area contributed by atoms with E-state index in [1.807, 2.05) is 0 Å². The number of aliphatic carboxylic acids is 1. The number of benzene rings is 1. The number of halogens is 1. The van der Waals surface area contributed by atoms with Crippen molar-refractivity contribution in [2.75, 3.05) is 32.3 Å². The number of methoxy groups -OCH3 is 2. The topological polar surface area (TPSA) is 105 Å². The fraction of sp³-hybridized carbons (Fsp3) is 0.471. The number of carboxylic acids is 1. The van der Waals surface area contributed by atoms with Crippen molar-refractivity contribution in [1.29, 1.82) is 0 Å². The van der Waals surface area contributed by atoms with Crippen LogP contribution < -0.4 is 15.0 Å². The van der Waals surface area contributed by atoms with Crippen LogP contribution in [0.1, 0.15) is 13.3 Å². The molecule has 0 aromatic heterocycles. The highest BCUT2D eigenvalue weighted by atomic mass is 35.5. The van der Waals surface area contributed by atoms with Crippen LogP contribution in [0.5, 0.6) is 5.75 Å². The minimum absolute atomic E-state index is 0.0375. The summed E-state index contributed by atoms with van der Waals surface area (Å²) < 4.78 is 10.1. The molecule has 2 N–H and O–H groups in total. The maximum atomic E-state index is 12.5. The molecule has 2 rings (SSSR count). The Morgan fingerprint density at radius 3 is 2.69 bits per heavy atom. The first-order chi connectivity index (χ1) is 12.2. The van der Waals surface area contributed by atoms with E-state index < -0.39 is 23.3 Å². The van der Waals surface area contributed by atoms with Gasteiger partial charge in [0.25, 0.3) is 0 Å². The largest absolute Gasteiger partial charge is 0.495 e. The monoisotopic (exact) mass is 384 g/mol. The molecule has 1 aliphatic rings. The van der Waals surface area contributed by atoms with E-state index in [2.05, 4.69) is 5.32 Å². The molecule has 1 saturated heterocycles. The molecule has 1 aromatic rings. The first-order valence-electron chi connectivity index (χ1n) is 7.90. The van der Waals surface area contributed by atoms with Gasteiger partial charge in [0.15, 0.2) is 5.54 Å². The van der Waals surface area contributed by atoms with E-state index in [-0.39, 0.29) is 25.5 Å². The van der Waals surface area contributed by atoms with Crippen molar-refractivity contribution in [2.24, 2.45) is 5.92 Å². The van der Waals surface area contributed by atoms with Gasteiger partial charge in [0.05, 0.1) is 25.3 Å². The molecule has 1 aliphatic heterocycles. The average Bonchev–Trinajstić information content (AvgIpc) is 2.96. The summed E-state index contributed by atoms with van der Waals surface area (Å²) in [6, 6.07) is 4.86. The number of nitrogens with one attached hydrogen (secondary N) is 1. The smallest absolute Gasteiger partial charge is 0.331 e. The zero-order valence-electron chi connectivity index (χ0n) is 14.7. The van der Waals surface area contributed by atoms with Crippen LogP contribution in [0.25, 0.3) is 0 Å². The molecular weight excluding hydrogens is 364 g/mol. The molecule has 26 heavy (non-hydrogen) atoms. The van der Waals surface area contributed by atoms with Crippen LogP contribution >= 0.6 is 11.6 Å². The Morgan fingerprint density at radius 2 is 2.12 bits per heavy atom. The third kappa shape index (κ3) is 4.08. The molecule has 2 atom stereocenters. The lowest BCUT2D eigenvalue weighted by Gasteiger charge is -2.27. The number of rotatable bonds is 7. The van der Waals surface area contributed by atoms with Crippen LogP contribution in [0.4, 0.5) is 5.69 Å². The molecular formula is C17H21ClN2O6. The third-order valence-corrected chi connectivity index (χ3v) is 4.47. The highest BCUT2D eigenvalue weighted by Crippen LogP contribution is 2.35. The summed E-state index contributed by atoms with van der Waals surface area (Å²) in [6.45, 7) is 1.26. The highest BCUT2D eigenvalue weighted by molar-refractivity contribution is 6.31. The summed E-state index contributed by atoms with van der Waals surface area (Å²) in [5.41, 5.74) is -1.10. The van der Waals surface area contributed by atoms with Crippen molar-refractivity contribution in [3.05, 3.63) is 23.2 Å². The third-order valence-electron chi connectivity index (χ3n) is 4.23. The van der Waals surface area contributed by atoms with Crippen molar-refractivity contribution in [3.63, 3.8) is 0 Å². The summed E-state index contributed by atoms with van der Waals surface area (Å²) in [5, 5.41) is 12.2. The minimum Gasteiger partial charge on any atom is -0.495 e. The molecule has 0 radical (unpaired) electrons. The second kappa shape index (κ2) is 7.92. The Balaban J connectivity index is 2.18. The number of amides is 2. The Morgan fingerprint density at radius 1 is 1.42 bits per heavy atom. The van der Waals surface area contributed by atoms with Crippen molar-refractivity contribution in [1.82, 2.24) is 5.32 Å². The molecule has 2 amide bonds. The summed E-state index contributed by atoms with van der Waals surface area (Å²) in [4.78, 5) is 37.8. The molecule has 1 heterocycles. The van der Waals surface area contributed by atoms with Crippen LogP contribution in [0, 0.1) is 5.92 Å². The van der Waals surface area contributed by atoms with Gasteiger partial charge in [-0.05, 0) is 25.1 Å². The zero-order chi connectivity index (χ0) is 19.5. The van der Waals surface area contributed by atoms with Crippen LogP contribution in [-0.4, -0.2) is 55.8 Å². The number of hydrogen-bond acceptors (Lipinski definition) is 5.